The number of carbonyl (C=O) groups is 1. The SMILES string of the molecule is Cc1ccc2occ(CN(Cc3ccccc3)C(=O)Nc3ccc(Cl)cc3)c(=O)c2c1. The summed E-state index contributed by atoms with van der Waals surface area (Å²) in [5.74, 6) is 0. The van der Waals surface area contributed by atoms with Gasteiger partial charge < -0.3 is 14.6 Å². The van der Waals surface area contributed by atoms with Crippen LogP contribution in [0.5, 0.6) is 0 Å². The molecule has 0 radical (unpaired) electrons. The number of nitrogens with zero attached hydrogens (tertiary/aromatic N) is 1. The molecule has 0 aliphatic rings. The van der Waals surface area contributed by atoms with Crippen LogP contribution in [0.3, 0.4) is 0 Å². The van der Waals surface area contributed by atoms with Crippen molar-refractivity contribution in [2.45, 2.75) is 20.0 Å². The molecule has 5 nitrogen and oxygen atoms in total. The number of anilines is 1. The van der Waals surface area contributed by atoms with Gasteiger partial charge in [-0.05, 0) is 48.9 Å². The van der Waals surface area contributed by atoms with E-state index in [1.165, 1.54) is 6.26 Å². The van der Waals surface area contributed by atoms with Crippen molar-refractivity contribution in [1.29, 1.82) is 0 Å². The van der Waals surface area contributed by atoms with Gasteiger partial charge in [0.1, 0.15) is 5.58 Å². The molecule has 0 aliphatic heterocycles. The zero-order valence-electron chi connectivity index (χ0n) is 17.0. The first kappa shape index (κ1) is 20.7. The van der Waals surface area contributed by atoms with Crippen LogP contribution in [0, 0.1) is 6.92 Å². The van der Waals surface area contributed by atoms with Crippen molar-refractivity contribution in [3.63, 3.8) is 0 Å². The quantitative estimate of drug-likeness (QED) is 0.421. The van der Waals surface area contributed by atoms with E-state index in [0.717, 1.165) is 11.1 Å². The van der Waals surface area contributed by atoms with E-state index in [-0.39, 0.29) is 18.0 Å². The molecule has 2 amide bonds. The van der Waals surface area contributed by atoms with E-state index >= 15 is 0 Å². The first-order valence-corrected chi connectivity index (χ1v) is 10.2. The van der Waals surface area contributed by atoms with E-state index in [9.17, 15) is 9.59 Å². The van der Waals surface area contributed by atoms with E-state index in [1.54, 1.807) is 41.3 Å². The summed E-state index contributed by atoms with van der Waals surface area (Å²) in [4.78, 5) is 27.7. The van der Waals surface area contributed by atoms with Gasteiger partial charge in [-0.2, -0.15) is 0 Å². The van der Waals surface area contributed by atoms with Gasteiger partial charge in [-0.25, -0.2) is 4.79 Å². The highest BCUT2D eigenvalue weighted by molar-refractivity contribution is 6.30. The fraction of sp³-hybridized carbons (Fsp3) is 0.120. The minimum absolute atomic E-state index is 0.112. The summed E-state index contributed by atoms with van der Waals surface area (Å²) < 4.78 is 5.67. The molecule has 156 valence electrons. The molecule has 3 aromatic carbocycles. The van der Waals surface area contributed by atoms with Crippen LogP contribution in [-0.2, 0) is 13.1 Å². The topological polar surface area (TPSA) is 62.6 Å². The third-order valence-corrected chi connectivity index (χ3v) is 5.21. The number of rotatable bonds is 5. The molecule has 0 atom stereocenters. The normalized spacial score (nSPS) is 10.8. The Hall–Kier alpha value is -3.57. The maximum absolute atomic E-state index is 13.1. The maximum Gasteiger partial charge on any atom is 0.322 e. The summed E-state index contributed by atoms with van der Waals surface area (Å²) in [5, 5.41) is 3.97. The van der Waals surface area contributed by atoms with E-state index in [1.807, 2.05) is 43.3 Å². The molecule has 0 bridgehead atoms. The van der Waals surface area contributed by atoms with Gasteiger partial charge in [-0.1, -0.05) is 53.6 Å². The molecule has 1 aromatic heterocycles. The molecule has 1 heterocycles. The Bertz CT molecular complexity index is 1270. The summed E-state index contributed by atoms with van der Waals surface area (Å²) in [6, 6.07) is 21.7. The Morgan fingerprint density at radius 2 is 1.74 bits per heavy atom. The van der Waals surface area contributed by atoms with Crippen LogP contribution < -0.4 is 10.7 Å². The molecule has 0 unspecified atom stereocenters. The molecule has 0 saturated carbocycles. The van der Waals surface area contributed by atoms with Gasteiger partial charge >= 0.3 is 6.03 Å². The molecular weight excluding hydrogens is 412 g/mol. The van der Waals surface area contributed by atoms with Gasteiger partial charge in [0.25, 0.3) is 0 Å². The van der Waals surface area contributed by atoms with Crippen molar-refractivity contribution in [2.24, 2.45) is 0 Å². The monoisotopic (exact) mass is 432 g/mol. The number of urea groups is 1. The van der Waals surface area contributed by atoms with Gasteiger partial charge in [0.15, 0.2) is 5.43 Å². The lowest BCUT2D eigenvalue weighted by molar-refractivity contribution is 0.206. The Labute approximate surface area is 184 Å². The Morgan fingerprint density at radius 1 is 1.00 bits per heavy atom. The van der Waals surface area contributed by atoms with Gasteiger partial charge in [0.05, 0.1) is 23.8 Å². The Balaban J connectivity index is 1.64. The fourth-order valence-corrected chi connectivity index (χ4v) is 3.46. The van der Waals surface area contributed by atoms with Crippen molar-refractivity contribution in [2.75, 3.05) is 5.32 Å². The number of halogens is 1. The van der Waals surface area contributed by atoms with E-state index in [0.29, 0.717) is 33.8 Å². The third kappa shape index (κ3) is 4.95. The van der Waals surface area contributed by atoms with Crippen molar-refractivity contribution >= 4 is 34.3 Å². The van der Waals surface area contributed by atoms with Crippen LogP contribution in [0.15, 0.2) is 88.3 Å². The second-order valence-corrected chi connectivity index (χ2v) is 7.80. The maximum atomic E-state index is 13.1. The molecule has 0 aliphatic carbocycles. The average Bonchev–Trinajstić information content (AvgIpc) is 2.77. The number of hydrogen-bond donors (Lipinski definition) is 1. The summed E-state index contributed by atoms with van der Waals surface area (Å²) in [6.45, 7) is 2.37. The summed E-state index contributed by atoms with van der Waals surface area (Å²) in [5.41, 5.74) is 3.35. The van der Waals surface area contributed by atoms with E-state index in [2.05, 4.69) is 5.32 Å². The van der Waals surface area contributed by atoms with Crippen molar-refractivity contribution < 1.29 is 9.21 Å². The average molecular weight is 433 g/mol. The molecule has 0 saturated heterocycles. The molecular formula is C25H21ClN2O3. The van der Waals surface area contributed by atoms with Gasteiger partial charge in [-0.3, -0.25) is 4.79 Å². The summed E-state index contributed by atoms with van der Waals surface area (Å²) >= 11 is 5.93. The van der Waals surface area contributed by atoms with E-state index < -0.39 is 0 Å². The smallest absolute Gasteiger partial charge is 0.322 e. The van der Waals surface area contributed by atoms with Crippen molar-refractivity contribution in [3.05, 3.63) is 111 Å². The largest absolute Gasteiger partial charge is 0.464 e. The van der Waals surface area contributed by atoms with Gasteiger partial charge in [0, 0.05) is 17.3 Å². The number of benzene rings is 3. The number of fused-ring (bicyclic) bond motifs is 1. The van der Waals surface area contributed by atoms with Crippen LogP contribution in [0.4, 0.5) is 10.5 Å². The van der Waals surface area contributed by atoms with E-state index in [4.69, 9.17) is 16.0 Å². The lowest BCUT2D eigenvalue weighted by Crippen LogP contribution is -2.35. The highest BCUT2D eigenvalue weighted by Crippen LogP contribution is 2.18. The lowest BCUT2D eigenvalue weighted by Gasteiger charge is -2.23. The standard InChI is InChI=1S/C25H21ClN2O3/c1-17-7-12-23-22(13-17)24(29)19(16-31-23)15-28(14-18-5-3-2-4-6-18)25(30)27-21-10-8-20(26)9-11-21/h2-13,16H,14-15H2,1H3,(H,27,30). The second kappa shape index (κ2) is 9.06. The first-order valence-electron chi connectivity index (χ1n) is 9.86. The number of aryl methyl sites for hydroxylation is 1. The molecule has 4 rings (SSSR count). The van der Waals surface area contributed by atoms with Gasteiger partial charge in [-0.15, -0.1) is 0 Å². The predicted molar refractivity (Wildman–Crippen MR) is 123 cm³/mol. The lowest BCUT2D eigenvalue weighted by atomic mass is 10.1. The first-order chi connectivity index (χ1) is 15.0. The Kier molecular flexibility index (Phi) is 6.05. The van der Waals surface area contributed by atoms with Crippen molar-refractivity contribution in [3.8, 4) is 0 Å². The molecule has 0 fully saturated rings. The molecule has 4 aromatic rings. The zero-order chi connectivity index (χ0) is 21.8. The molecule has 6 heteroatoms. The predicted octanol–water partition coefficient (Wildman–Crippen LogP) is 5.99. The van der Waals surface area contributed by atoms with Crippen LogP contribution in [0.1, 0.15) is 16.7 Å². The fourth-order valence-electron chi connectivity index (χ4n) is 3.34. The number of carbonyl (C=O) groups excluding carboxylic acids is 1. The highest BCUT2D eigenvalue weighted by atomic mass is 35.5. The molecule has 1 N–H and O–H groups in total. The van der Waals surface area contributed by atoms with Gasteiger partial charge in [0.2, 0.25) is 0 Å². The Morgan fingerprint density at radius 3 is 2.48 bits per heavy atom. The minimum atomic E-state index is -0.324. The number of hydrogen-bond acceptors (Lipinski definition) is 3. The summed E-state index contributed by atoms with van der Waals surface area (Å²) in [6.07, 6.45) is 1.44. The minimum Gasteiger partial charge on any atom is -0.464 e. The van der Waals surface area contributed by atoms with Crippen LogP contribution in [0.25, 0.3) is 11.0 Å². The summed E-state index contributed by atoms with van der Waals surface area (Å²) in [7, 11) is 0. The third-order valence-electron chi connectivity index (χ3n) is 4.96. The van der Waals surface area contributed by atoms with Crippen LogP contribution >= 0.6 is 11.6 Å². The molecule has 31 heavy (non-hydrogen) atoms. The number of nitrogens with one attached hydrogen (secondary N) is 1. The number of amides is 2. The van der Waals surface area contributed by atoms with Crippen molar-refractivity contribution in [1.82, 2.24) is 4.90 Å². The van der Waals surface area contributed by atoms with Crippen LogP contribution in [-0.4, -0.2) is 10.9 Å². The highest BCUT2D eigenvalue weighted by Gasteiger charge is 2.18. The molecule has 0 spiro atoms. The second-order valence-electron chi connectivity index (χ2n) is 7.37. The van der Waals surface area contributed by atoms with Crippen LogP contribution in [0.2, 0.25) is 5.02 Å². The zero-order valence-corrected chi connectivity index (χ0v) is 17.7.